The average Bonchev–Trinajstić information content (AvgIpc) is 3.24. The highest BCUT2D eigenvalue weighted by atomic mass is 16.4. The summed E-state index contributed by atoms with van der Waals surface area (Å²) < 4.78 is 0. The second kappa shape index (κ2) is 30.2. The van der Waals surface area contributed by atoms with Crippen molar-refractivity contribution in [2.24, 2.45) is 0 Å². The first-order chi connectivity index (χ1) is 31.7. The van der Waals surface area contributed by atoms with Gasteiger partial charge in [-0.1, -0.05) is 18.6 Å². The molecule has 1 aromatic carbocycles. The highest BCUT2D eigenvalue weighted by molar-refractivity contribution is 5.86. The number of amides is 4. The number of aromatic nitrogens is 1. The van der Waals surface area contributed by atoms with E-state index in [-0.39, 0.29) is 100 Å². The molecule has 0 radical (unpaired) electrons. The Kier molecular flexibility index (Phi) is 25.3. The average molecular weight is 948 g/mol. The largest absolute Gasteiger partial charge is 0.508 e. The van der Waals surface area contributed by atoms with Crippen LogP contribution in [0.1, 0.15) is 93.1 Å². The van der Waals surface area contributed by atoms with Crippen LogP contribution in [0.25, 0.3) is 0 Å². The highest BCUT2D eigenvalue weighted by Crippen LogP contribution is 2.22. The van der Waals surface area contributed by atoms with Crippen LogP contribution in [0, 0.1) is 0 Å². The fraction of sp³-hybridized carbons (Fsp3) is 0.535. The number of carbonyl (C=O) groups is 9. The van der Waals surface area contributed by atoms with Gasteiger partial charge in [0.15, 0.2) is 0 Å². The molecule has 0 fully saturated rings. The van der Waals surface area contributed by atoms with Crippen molar-refractivity contribution in [2.75, 3.05) is 39.3 Å². The fourth-order valence-corrected chi connectivity index (χ4v) is 6.59. The number of urea groups is 1. The maximum absolute atomic E-state index is 12.6. The van der Waals surface area contributed by atoms with Crippen LogP contribution in [0.4, 0.5) is 4.79 Å². The van der Waals surface area contributed by atoms with Gasteiger partial charge in [0.2, 0.25) is 11.8 Å². The first kappa shape index (κ1) is 56.1. The molecule has 0 aliphatic carbocycles. The Bertz CT molecular complexity index is 2020. The molecule has 0 unspecified atom stereocenters. The van der Waals surface area contributed by atoms with Gasteiger partial charge in [-0.05, 0) is 68.7 Å². The van der Waals surface area contributed by atoms with E-state index in [1.165, 1.54) is 28.0 Å². The van der Waals surface area contributed by atoms with Crippen molar-refractivity contribution in [3.05, 3.63) is 52.8 Å². The van der Waals surface area contributed by atoms with E-state index in [1.807, 2.05) is 0 Å². The Balaban J connectivity index is 1.75. The van der Waals surface area contributed by atoms with Gasteiger partial charge in [-0.2, -0.15) is 0 Å². The van der Waals surface area contributed by atoms with Gasteiger partial charge in [0.1, 0.15) is 23.6 Å². The van der Waals surface area contributed by atoms with Crippen LogP contribution < -0.4 is 21.3 Å². The smallest absolute Gasteiger partial charge is 0.326 e. The Hall–Kier alpha value is -7.08. The summed E-state index contributed by atoms with van der Waals surface area (Å²) in [6, 6.07) is 3.61. The number of carboxylic acids is 6. The number of phenols is 1. The van der Waals surface area contributed by atoms with Gasteiger partial charge in [-0.3, -0.25) is 43.6 Å². The van der Waals surface area contributed by atoms with Crippen LogP contribution in [0.5, 0.6) is 11.5 Å². The summed E-state index contributed by atoms with van der Waals surface area (Å²) in [5, 5.41) is 86.2. The molecule has 67 heavy (non-hydrogen) atoms. The summed E-state index contributed by atoms with van der Waals surface area (Å²) in [4.78, 5) is 112. The molecule has 24 nitrogen and oxygen atoms in total. The molecular formula is C43H61N7O17. The van der Waals surface area contributed by atoms with Gasteiger partial charge in [-0.25, -0.2) is 14.4 Å². The van der Waals surface area contributed by atoms with E-state index in [1.54, 1.807) is 12.1 Å². The normalized spacial score (nSPS) is 11.9. The first-order valence-electron chi connectivity index (χ1n) is 21.6. The molecule has 0 bridgehead atoms. The molecule has 2 aromatic rings. The van der Waals surface area contributed by atoms with E-state index in [4.69, 9.17) is 15.3 Å². The summed E-state index contributed by atoms with van der Waals surface area (Å²) in [6.07, 6.45) is 2.13. The molecule has 0 aliphatic rings. The van der Waals surface area contributed by atoms with Crippen LogP contribution in [-0.2, 0) is 64.3 Å². The predicted octanol–water partition coefficient (Wildman–Crippen LogP) is 0.950. The maximum Gasteiger partial charge on any atom is 0.326 e. The second-order valence-corrected chi connectivity index (χ2v) is 15.7. The molecule has 0 aliphatic heterocycles. The number of benzene rings is 1. The Labute approximate surface area is 385 Å². The number of unbranched alkanes of at least 4 members (excludes halogenated alkanes) is 3. The van der Waals surface area contributed by atoms with Crippen LogP contribution in [0.3, 0.4) is 0 Å². The van der Waals surface area contributed by atoms with Gasteiger partial charge in [0.25, 0.3) is 0 Å². The third kappa shape index (κ3) is 24.7. The van der Waals surface area contributed by atoms with Crippen LogP contribution in [0.2, 0.25) is 0 Å². The quantitative estimate of drug-likeness (QED) is 0.0428. The number of nitrogens with one attached hydrogen (secondary N) is 4. The number of pyridine rings is 1. The van der Waals surface area contributed by atoms with Crippen LogP contribution >= 0.6 is 0 Å². The number of nitrogens with zero attached hydrogens (tertiary/aromatic N) is 3. The first-order valence-corrected chi connectivity index (χ1v) is 21.6. The number of carboxylic acid groups (broad SMARTS) is 6. The number of hydrogen-bond donors (Lipinski definition) is 12. The SMILES string of the molecule is O=C(O)CCc1ccc(O)c(CN(CCN(CC(=O)O)Cc2cc(CCC(=O)NCCCCCC(=O)NCCCC[C@H](NC(=O)N[C@@H](CCC(=O)O)C(=O)O)C(=O)O)ccc2O)CC(=O)O)n1. The summed E-state index contributed by atoms with van der Waals surface area (Å²) in [6.45, 7) is -0.395. The van der Waals surface area contributed by atoms with Crippen LogP contribution in [-0.4, -0.2) is 161 Å². The third-order valence-corrected chi connectivity index (χ3v) is 10.1. The highest BCUT2D eigenvalue weighted by Gasteiger charge is 2.25. The lowest BCUT2D eigenvalue weighted by molar-refractivity contribution is -0.141. The second-order valence-electron chi connectivity index (χ2n) is 15.7. The summed E-state index contributed by atoms with van der Waals surface area (Å²) in [7, 11) is 0. The molecule has 0 saturated carbocycles. The van der Waals surface area contributed by atoms with E-state index >= 15 is 0 Å². The van der Waals surface area contributed by atoms with Crippen molar-refractivity contribution in [3.63, 3.8) is 0 Å². The Morgan fingerprint density at radius 2 is 1.10 bits per heavy atom. The molecule has 0 spiro atoms. The summed E-state index contributed by atoms with van der Waals surface area (Å²) >= 11 is 0. The molecule has 1 aromatic heterocycles. The van der Waals surface area contributed by atoms with Crippen molar-refractivity contribution in [1.82, 2.24) is 36.1 Å². The number of carbonyl (C=O) groups excluding carboxylic acids is 3. The van der Waals surface area contributed by atoms with E-state index in [2.05, 4.69) is 26.3 Å². The molecule has 2 rings (SSSR count). The van der Waals surface area contributed by atoms with Crippen molar-refractivity contribution in [2.45, 2.75) is 109 Å². The van der Waals surface area contributed by atoms with Gasteiger partial charge >= 0.3 is 41.8 Å². The molecule has 2 atom stereocenters. The lowest BCUT2D eigenvalue weighted by Crippen LogP contribution is -2.51. The number of aryl methyl sites for hydroxylation is 2. The molecule has 0 saturated heterocycles. The van der Waals surface area contributed by atoms with E-state index < -0.39 is 73.4 Å². The lowest BCUT2D eigenvalue weighted by atomic mass is 10.0. The zero-order valence-corrected chi connectivity index (χ0v) is 37.0. The lowest BCUT2D eigenvalue weighted by Gasteiger charge is -2.26. The fourth-order valence-electron chi connectivity index (χ4n) is 6.59. The molecule has 24 heteroatoms. The Morgan fingerprint density at radius 1 is 0.552 bits per heavy atom. The monoisotopic (exact) mass is 947 g/mol. The minimum atomic E-state index is -1.52. The zero-order chi connectivity index (χ0) is 49.9. The van der Waals surface area contributed by atoms with Crippen LogP contribution in [0.15, 0.2) is 30.3 Å². The van der Waals surface area contributed by atoms with Crippen molar-refractivity contribution < 1.29 is 84.0 Å². The summed E-state index contributed by atoms with van der Waals surface area (Å²) in [5.74, 6) is -8.24. The molecular weight excluding hydrogens is 887 g/mol. The summed E-state index contributed by atoms with van der Waals surface area (Å²) in [5.41, 5.74) is 1.60. The van der Waals surface area contributed by atoms with E-state index in [9.17, 15) is 68.7 Å². The number of aromatic hydroxyl groups is 2. The number of phenolic OH excluding ortho intramolecular Hbond substituents is 1. The molecule has 12 N–H and O–H groups in total. The minimum Gasteiger partial charge on any atom is -0.508 e. The van der Waals surface area contributed by atoms with Gasteiger partial charge in [0, 0.05) is 76.2 Å². The third-order valence-electron chi connectivity index (χ3n) is 10.1. The van der Waals surface area contributed by atoms with E-state index in [0.717, 1.165) is 0 Å². The molecule has 4 amide bonds. The number of hydrogen-bond acceptors (Lipinski definition) is 14. The standard InChI is InChI=1S/C43H61N7O17/c51-33-13-8-27(22-28(33)23-49(25-39(59)60)20-21-50(26-40(61)62)24-32-34(52)14-10-29(46-32)11-16-37(55)56)9-15-36(54)45-18-4-1-2-7-35(53)44-19-5-3-6-30(41(63)64)47-43(67)48-31(42(65)66)12-17-38(57)58/h8,10,13-14,22,30-31,51-52H,1-7,9,11-12,15-21,23-26H2,(H,44,53)(H,45,54)(H,55,56)(H,57,58)(H,59,60)(H,61,62)(H,63,64)(H,65,66)(H2,47,48,67)/t30-,31-/m0/s1. The maximum atomic E-state index is 12.6. The van der Waals surface area contributed by atoms with Gasteiger partial charge in [0.05, 0.1) is 25.2 Å². The number of aliphatic carboxylic acids is 6. The topological polar surface area (TPSA) is 383 Å². The Morgan fingerprint density at radius 3 is 1.69 bits per heavy atom. The minimum absolute atomic E-state index is 0.00876. The molecule has 1 heterocycles. The van der Waals surface area contributed by atoms with Crippen molar-refractivity contribution in [3.8, 4) is 11.5 Å². The van der Waals surface area contributed by atoms with Crippen molar-refractivity contribution >= 4 is 53.7 Å². The van der Waals surface area contributed by atoms with E-state index in [0.29, 0.717) is 61.9 Å². The molecule has 370 valence electrons. The van der Waals surface area contributed by atoms with Gasteiger partial charge < -0.3 is 62.1 Å². The van der Waals surface area contributed by atoms with Gasteiger partial charge in [-0.15, -0.1) is 0 Å². The predicted molar refractivity (Wildman–Crippen MR) is 234 cm³/mol. The zero-order valence-electron chi connectivity index (χ0n) is 37.0. The number of rotatable bonds is 35. The van der Waals surface area contributed by atoms with Crippen molar-refractivity contribution in [1.29, 1.82) is 0 Å².